The Morgan fingerprint density at radius 1 is 1.15 bits per heavy atom. The van der Waals surface area contributed by atoms with Crippen molar-refractivity contribution in [3.63, 3.8) is 0 Å². The number of primary sulfonamides is 1. The zero-order chi connectivity index (χ0) is 19.6. The van der Waals surface area contributed by atoms with Gasteiger partial charge in [0.15, 0.2) is 0 Å². The van der Waals surface area contributed by atoms with Crippen molar-refractivity contribution in [3.8, 4) is 0 Å². The van der Waals surface area contributed by atoms with E-state index in [1.165, 1.54) is 12.1 Å². The van der Waals surface area contributed by atoms with Gasteiger partial charge in [0.2, 0.25) is 21.8 Å². The van der Waals surface area contributed by atoms with Crippen molar-refractivity contribution in [3.05, 3.63) is 59.1 Å². The summed E-state index contributed by atoms with van der Waals surface area (Å²) in [6, 6.07) is 12.8. The highest BCUT2D eigenvalue weighted by Gasteiger charge is 2.34. The zero-order valence-electron chi connectivity index (χ0n) is 14.3. The molecule has 0 aliphatic carbocycles. The van der Waals surface area contributed by atoms with Gasteiger partial charge in [0.05, 0.1) is 10.8 Å². The predicted octanol–water partition coefficient (Wildman–Crippen LogP) is 1.66. The standard InChI is InChI=1S/C18H18ClN3O4S/c19-14-3-5-15(6-4-14)22-11-13(9-17(22)23)18(24)21-10-12-1-7-16(8-2-12)27(20,25)26/h1-8,13H,9-11H2,(H,21,24)(H2,20,25,26). The molecule has 1 saturated heterocycles. The molecule has 7 nitrogen and oxygen atoms in total. The molecular weight excluding hydrogens is 390 g/mol. The van der Waals surface area contributed by atoms with E-state index in [0.717, 1.165) is 5.56 Å². The largest absolute Gasteiger partial charge is 0.352 e. The molecule has 1 fully saturated rings. The molecule has 2 aromatic carbocycles. The van der Waals surface area contributed by atoms with Crippen molar-refractivity contribution >= 4 is 39.1 Å². The molecule has 27 heavy (non-hydrogen) atoms. The fourth-order valence-electron chi connectivity index (χ4n) is 2.88. The summed E-state index contributed by atoms with van der Waals surface area (Å²) in [6.45, 7) is 0.534. The first-order valence-electron chi connectivity index (χ1n) is 8.19. The molecule has 0 radical (unpaired) electrons. The molecule has 2 amide bonds. The van der Waals surface area contributed by atoms with Crippen molar-refractivity contribution in [2.75, 3.05) is 11.4 Å². The third-order valence-electron chi connectivity index (χ3n) is 4.35. The van der Waals surface area contributed by atoms with Crippen LogP contribution < -0.4 is 15.4 Å². The van der Waals surface area contributed by atoms with Gasteiger partial charge in [-0.2, -0.15) is 0 Å². The normalized spacial score (nSPS) is 17.2. The fourth-order valence-corrected chi connectivity index (χ4v) is 3.53. The number of anilines is 1. The highest BCUT2D eigenvalue weighted by molar-refractivity contribution is 7.89. The average Bonchev–Trinajstić information content (AvgIpc) is 3.02. The van der Waals surface area contributed by atoms with Gasteiger partial charge in [0, 0.05) is 30.2 Å². The summed E-state index contributed by atoms with van der Waals surface area (Å²) in [5.41, 5.74) is 1.44. The number of hydrogen-bond donors (Lipinski definition) is 2. The number of carbonyl (C=O) groups is 2. The molecule has 0 aromatic heterocycles. The van der Waals surface area contributed by atoms with E-state index in [-0.39, 0.29) is 29.7 Å². The number of nitrogens with zero attached hydrogens (tertiary/aromatic N) is 1. The zero-order valence-corrected chi connectivity index (χ0v) is 15.8. The Bertz CT molecular complexity index is 959. The Balaban J connectivity index is 1.59. The molecule has 1 heterocycles. The molecule has 1 aliphatic rings. The minimum absolute atomic E-state index is 0.0116. The van der Waals surface area contributed by atoms with Crippen LogP contribution in [-0.2, 0) is 26.2 Å². The lowest BCUT2D eigenvalue weighted by atomic mass is 10.1. The van der Waals surface area contributed by atoms with Gasteiger partial charge in [0.25, 0.3) is 0 Å². The van der Waals surface area contributed by atoms with Crippen molar-refractivity contribution < 1.29 is 18.0 Å². The summed E-state index contributed by atoms with van der Waals surface area (Å²) in [4.78, 5) is 26.2. The van der Waals surface area contributed by atoms with Crippen LogP contribution in [0.1, 0.15) is 12.0 Å². The van der Waals surface area contributed by atoms with E-state index in [9.17, 15) is 18.0 Å². The Morgan fingerprint density at radius 2 is 1.78 bits per heavy atom. The number of rotatable bonds is 5. The molecule has 0 spiro atoms. The van der Waals surface area contributed by atoms with Crippen LogP contribution in [0.5, 0.6) is 0 Å². The van der Waals surface area contributed by atoms with Gasteiger partial charge in [-0.3, -0.25) is 9.59 Å². The van der Waals surface area contributed by atoms with Crippen LogP contribution >= 0.6 is 11.6 Å². The SMILES string of the molecule is NS(=O)(=O)c1ccc(CNC(=O)C2CC(=O)N(c3ccc(Cl)cc3)C2)cc1. The maximum atomic E-state index is 12.4. The number of carbonyl (C=O) groups excluding carboxylic acids is 2. The first-order valence-corrected chi connectivity index (χ1v) is 10.1. The van der Waals surface area contributed by atoms with Gasteiger partial charge in [-0.05, 0) is 42.0 Å². The minimum Gasteiger partial charge on any atom is -0.352 e. The molecule has 2 aromatic rings. The topological polar surface area (TPSA) is 110 Å². The summed E-state index contributed by atoms with van der Waals surface area (Å²) in [5.74, 6) is -0.790. The third-order valence-corrected chi connectivity index (χ3v) is 5.53. The lowest BCUT2D eigenvalue weighted by molar-refractivity contribution is -0.126. The minimum atomic E-state index is -3.74. The lowest BCUT2D eigenvalue weighted by Gasteiger charge is -2.16. The highest BCUT2D eigenvalue weighted by Crippen LogP contribution is 2.26. The quantitative estimate of drug-likeness (QED) is 0.785. The molecule has 9 heteroatoms. The molecule has 3 rings (SSSR count). The van der Waals surface area contributed by atoms with Crippen LogP contribution in [0.25, 0.3) is 0 Å². The van der Waals surface area contributed by atoms with Gasteiger partial charge < -0.3 is 10.2 Å². The average molecular weight is 408 g/mol. The third kappa shape index (κ3) is 4.65. The van der Waals surface area contributed by atoms with E-state index in [2.05, 4.69) is 5.32 Å². The van der Waals surface area contributed by atoms with E-state index in [0.29, 0.717) is 17.3 Å². The molecule has 0 saturated carbocycles. The Labute approximate surface area is 162 Å². The number of amides is 2. The molecular formula is C18H18ClN3O4S. The molecule has 1 unspecified atom stereocenters. The maximum absolute atomic E-state index is 12.4. The predicted molar refractivity (Wildman–Crippen MR) is 102 cm³/mol. The second kappa shape index (κ2) is 7.67. The van der Waals surface area contributed by atoms with E-state index in [1.807, 2.05) is 0 Å². The number of sulfonamides is 1. The van der Waals surface area contributed by atoms with E-state index in [1.54, 1.807) is 41.3 Å². The Kier molecular flexibility index (Phi) is 5.50. The monoisotopic (exact) mass is 407 g/mol. The lowest BCUT2D eigenvalue weighted by Crippen LogP contribution is -2.32. The summed E-state index contributed by atoms with van der Waals surface area (Å²) in [7, 11) is -3.74. The summed E-state index contributed by atoms with van der Waals surface area (Å²) in [5, 5.41) is 8.41. The van der Waals surface area contributed by atoms with Crippen molar-refractivity contribution in [1.29, 1.82) is 0 Å². The van der Waals surface area contributed by atoms with Gasteiger partial charge >= 0.3 is 0 Å². The first-order chi connectivity index (χ1) is 12.7. The van der Waals surface area contributed by atoms with Crippen LogP contribution in [0.3, 0.4) is 0 Å². The van der Waals surface area contributed by atoms with Crippen molar-refractivity contribution in [2.45, 2.75) is 17.9 Å². The Hall–Kier alpha value is -2.42. The molecule has 0 bridgehead atoms. The van der Waals surface area contributed by atoms with Gasteiger partial charge in [-0.25, -0.2) is 13.6 Å². The van der Waals surface area contributed by atoms with Gasteiger partial charge in [-0.1, -0.05) is 23.7 Å². The second-order valence-electron chi connectivity index (χ2n) is 6.29. The number of hydrogen-bond acceptors (Lipinski definition) is 4. The molecule has 3 N–H and O–H groups in total. The summed E-state index contributed by atoms with van der Waals surface area (Å²) in [6.07, 6.45) is 0.138. The Morgan fingerprint density at radius 3 is 2.37 bits per heavy atom. The number of halogens is 1. The smallest absolute Gasteiger partial charge is 0.238 e. The van der Waals surface area contributed by atoms with Crippen LogP contribution in [0.2, 0.25) is 5.02 Å². The number of nitrogens with two attached hydrogens (primary N) is 1. The van der Waals surface area contributed by atoms with E-state index < -0.39 is 15.9 Å². The second-order valence-corrected chi connectivity index (χ2v) is 8.29. The molecule has 142 valence electrons. The van der Waals surface area contributed by atoms with Crippen molar-refractivity contribution in [1.82, 2.24) is 5.32 Å². The van der Waals surface area contributed by atoms with Crippen LogP contribution in [0, 0.1) is 5.92 Å². The van der Waals surface area contributed by atoms with Crippen LogP contribution in [0.4, 0.5) is 5.69 Å². The van der Waals surface area contributed by atoms with E-state index >= 15 is 0 Å². The van der Waals surface area contributed by atoms with Crippen LogP contribution in [0.15, 0.2) is 53.4 Å². The van der Waals surface area contributed by atoms with E-state index in [4.69, 9.17) is 16.7 Å². The summed E-state index contributed by atoms with van der Waals surface area (Å²) >= 11 is 5.86. The summed E-state index contributed by atoms with van der Waals surface area (Å²) < 4.78 is 22.5. The van der Waals surface area contributed by atoms with Crippen molar-refractivity contribution in [2.24, 2.45) is 11.1 Å². The maximum Gasteiger partial charge on any atom is 0.238 e. The van der Waals surface area contributed by atoms with Gasteiger partial charge in [0.1, 0.15) is 0 Å². The number of benzene rings is 2. The molecule has 1 atom stereocenters. The fraction of sp³-hybridized carbons (Fsp3) is 0.222. The van der Waals surface area contributed by atoms with Crippen LogP contribution in [-0.4, -0.2) is 26.8 Å². The first kappa shape index (κ1) is 19.3. The molecule has 1 aliphatic heterocycles. The number of nitrogens with one attached hydrogen (secondary N) is 1. The van der Waals surface area contributed by atoms with Gasteiger partial charge in [-0.15, -0.1) is 0 Å². The highest BCUT2D eigenvalue weighted by atomic mass is 35.5.